The van der Waals surface area contributed by atoms with E-state index < -0.39 is 0 Å². The minimum absolute atomic E-state index is 0.691. The van der Waals surface area contributed by atoms with E-state index in [1.807, 2.05) is 55.5 Å². The highest BCUT2D eigenvalue weighted by molar-refractivity contribution is 6.33. The zero-order valence-electron chi connectivity index (χ0n) is 10.8. The van der Waals surface area contributed by atoms with Crippen LogP contribution in [0.5, 0.6) is 0 Å². The Morgan fingerprint density at radius 2 is 1.80 bits per heavy atom. The maximum absolute atomic E-state index is 6.24. The molecule has 0 aliphatic rings. The minimum atomic E-state index is 0.691. The molecule has 100 valence electrons. The Bertz CT molecular complexity index is 763. The molecule has 1 aromatic heterocycles. The van der Waals surface area contributed by atoms with Crippen LogP contribution < -0.4 is 0 Å². The molecule has 2 aromatic carbocycles. The molecule has 0 spiro atoms. The molecule has 3 aromatic rings. The molecule has 0 amide bonds. The molecular weight excluding hydrogens is 291 g/mol. The van der Waals surface area contributed by atoms with Crippen molar-refractivity contribution in [1.82, 2.24) is 9.97 Å². The van der Waals surface area contributed by atoms with Crippen LogP contribution in [0.1, 0.15) is 5.69 Å². The van der Waals surface area contributed by atoms with Gasteiger partial charge in [0.1, 0.15) is 5.82 Å². The summed E-state index contributed by atoms with van der Waals surface area (Å²) in [6.45, 7) is 1.99. The largest absolute Gasteiger partial charge is 0.342 e. The first-order valence-electron chi connectivity index (χ1n) is 6.22. The highest BCUT2D eigenvalue weighted by Gasteiger charge is 2.12. The highest BCUT2D eigenvalue weighted by atomic mass is 35.5. The molecule has 1 N–H and O–H groups in total. The van der Waals surface area contributed by atoms with Gasteiger partial charge in [0.15, 0.2) is 0 Å². The fraction of sp³-hybridized carbons (Fsp3) is 0.0625. The summed E-state index contributed by atoms with van der Waals surface area (Å²) < 4.78 is 0. The van der Waals surface area contributed by atoms with Gasteiger partial charge in [0, 0.05) is 21.8 Å². The number of nitrogens with one attached hydrogen (secondary N) is 1. The van der Waals surface area contributed by atoms with Crippen LogP contribution in [0.3, 0.4) is 0 Å². The van der Waals surface area contributed by atoms with Gasteiger partial charge in [0.05, 0.1) is 10.7 Å². The maximum Gasteiger partial charge on any atom is 0.138 e. The predicted molar refractivity (Wildman–Crippen MR) is 84.2 cm³/mol. The van der Waals surface area contributed by atoms with Crippen LogP contribution >= 0.6 is 23.2 Å². The average molecular weight is 303 g/mol. The fourth-order valence-electron chi connectivity index (χ4n) is 2.15. The molecule has 20 heavy (non-hydrogen) atoms. The predicted octanol–water partition coefficient (Wildman–Crippen LogP) is 5.36. The summed E-state index contributed by atoms with van der Waals surface area (Å²) in [5, 5.41) is 1.38. The Labute approximate surface area is 127 Å². The SMILES string of the molecule is Cc1[nH]c(-c2cccc(Cl)c2)nc1-c1ccccc1Cl. The lowest BCUT2D eigenvalue weighted by molar-refractivity contribution is 1.26. The number of aromatic nitrogens is 2. The summed E-state index contributed by atoms with van der Waals surface area (Å²) in [7, 11) is 0. The first-order valence-corrected chi connectivity index (χ1v) is 6.98. The van der Waals surface area contributed by atoms with Gasteiger partial charge in [-0.15, -0.1) is 0 Å². The molecule has 0 aliphatic heterocycles. The minimum Gasteiger partial charge on any atom is -0.342 e. The van der Waals surface area contributed by atoms with Crippen molar-refractivity contribution in [3.05, 3.63) is 64.3 Å². The number of benzene rings is 2. The van der Waals surface area contributed by atoms with Gasteiger partial charge in [0.2, 0.25) is 0 Å². The Morgan fingerprint density at radius 1 is 1.00 bits per heavy atom. The number of imidazole rings is 1. The Balaban J connectivity index is 2.10. The molecule has 4 heteroatoms. The van der Waals surface area contributed by atoms with Gasteiger partial charge < -0.3 is 4.98 Å². The van der Waals surface area contributed by atoms with Crippen molar-refractivity contribution in [1.29, 1.82) is 0 Å². The van der Waals surface area contributed by atoms with E-state index in [1.54, 1.807) is 0 Å². The summed E-state index contributed by atoms with van der Waals surface area (Å²) in [6, 6.07) is 15.3. The zero-order valence-corrected chi connectivity index (χ0v) is 12.3. The molecule has 2 nitrogen and oxygen atoms in total. The summed E-state index contributed by atoms with van der Waals surface area (Å²) >= 11 is 12.3. The number of aryl methyl sites for hydroxylation is 1. The van der Waals surface area contributed by atoms with Gasteiger partial charge in [-0.2, -0.15) is 0 Å². The number of nitrogens with zero attached hydrogens (tertiary/aromatic N) is 1. The standard InChI is InChI=1S/C16H12Cl2N2/c1-10-15(13-7-2-3-8-14(13)18)20-16(19-10)11-5-4-6-12(17)9-11/h2-9H,1H3,(H,19,20). The van der Waals surface area contributed by atoms with Crippen LogP contribution in [0.25, 0.3) is 22.6 Å². The average Bonchev–Trinajstić information content (AvgIpc) is 2.81. The first kappa shape index (κ1) is 13.2. The molecule has 0 atom stereocenters. The number of aromatic amines is 1. The van der Waals surface area contributed by atoms with Crippen LogP contribution in [0, 0.1) is 6.92 Å². The highest BCUT2D eigenvalue weighted by Crippen LogP contribution is 2.31. The number of hydrogen-bond donors (Lipinski definition) is 1. The van der Waals surface area contributed by atoms with E-state index in [9.17, 15) is 0 Å². The molecule has 1 heterocycles. The first-order chi connectivity index (χ1) is 9.65. The van der Waals surface area contributed by atoms with Crippen molar-refractivity contribution in [3.8, 4) is 22.6 Å². The summed E-state index contributed by atoms with van der Waals surface area (Å²) in [6.07, 6.45) is 0. The molecule has 0 radical (unpaired) electrons. The van der Waals surface area contributed by atoms with Gasteiger partial charge in [0.25, 0.3) is 0 Å². The zero-order chi connectivity index (χ0) is 14.1. The van der Waals surface area contributed by atoms with E-state index in [1.165, 1.54) is 0 Å². The van der Waals surface area contributed by atoms with Crippen molar-refractivity contribution in [2.75, 3.05) is 0 Å². The van der Waals surface area contributed by atoms with Gasteiger partial charge in [-0.3, -0.25) is 0 Å². The second-order valence-corrected chi connectivity index (χ2v) is 5.39. The van der Waals surface area contributed by atoms with Crippen molar-refractivity contribution in [3.63, 3.8) is 0 Å². The second-order valence-electron chi connectivity index (χ2n) is 4.55. The smallest absolute Gasteiger partial charge is 0.138 e. The van der Waals surface area contributed by atoms with Crippen molar-refractivity contribution >= 4 is 23.2 Å². The van der Waals surface area contributed by atoms with Crippen molar-refractivity contribution < 1.29 is 0 Å². The van der Waals surface area contributed by atoms with E-state index >= 15 is 0 Å². The molecule has 3 rings (SSSR count). The van der Waals surface area contributed by atoms with Gasteiger partial charge in [-0.25, -0.2) is 4.98 Å². The number of halogens is 2. The summed E-state index contributed by atoms with van der Waals surface area (Å²) in [5.74, 6) is 0.792. The monoisotopic (exact) mass is 302 g/mol. The van der Waals surface area contributed by atoms with Crippen LogP contribution in [0.2, 0.25) is 10.0 Å². The molecule has 0 fully saturated rings. The lowest BCUT2D eigenvalue weighted by Gasteiger charge is -2.00. The van der Waals surface area contributed by atoms with Gasteiger partial charge >= 0.3 is 0 Å². The quantitative estimate of drug-likeness (QED) is 0.678. The summed E-state index contributed by atoms with van der Waals surface area (Å²) in [4.78, 5) is 7.94. The maximum atomic E-state index is 6.24. The normalized spacial score (nSPS) is 10.8. The Hall–Kier alpha value is -1.77. The third-order valence-electron chi connectivity index (χ3n) is 3.11. The summed E-state index contributed by atoms with van der Waals surface area (Å²) in [5.41, 5.74) is 3.73. The molecule has 0 unspecified atom stereocenters. The number of H-pyrrole nitrogens is 1. The van der Waals surface area contributed by atoms with Crippen LogP contribution in [0.15, 0.2) is 48.5 Å². The second kappa shape index (κ2) is 5.31. The van der Waals surface area contributed by atoms with Crippen LogP contribution in [-0.2, 0) is 0 Å². The lowest BCUT2D eigenvalue weighted by Crippen LogP contribution is -1.82. The molecular formula is C16H12Cl2N2. The fourth-order valence-corrected chi connectivity index (χ4v) is 2.56. The Morgan fingerprint density at radius 3 is 2.55 bits per heavy atom. The van der Waals surface area contributed by atoms with E-state index in [4.69, 9.17) is 23.2 Å². The Kier molecular flexibility index (Phi) is 3.51. The van der Waals surface area contributed by atoms with E-state index in [0.29, 0.717) is 10.0 Å². The van der Waals surface area contributed by atoms with Crippen molar-refractivity contribution in [2.45, 2.75) is 6.92 Å². The third-order valence-corrected chi connectivity index (χ3v) is 3.68. The van der Waals surface area contributed by atoms with Crippen LogP contribution in [-0.4, -0.2) is 9.97 Å². The molecule has 0 saturated heterocycles. The van der Waals surface area contributed by atoms with E-state index in [0.717, 1.165) is 28.3 Å². The van der Waals surface area contributed by atoms with Gasteiger partial charge in [-0.05, 0) is 25.1 Å². The van der Waals surface area contributed by atoms with Gasteiger partial charge in [-0.1, -0.05) is 53.5 Å². The third kappa shape index (κ3) is 2.45. The van der Waals surface area contributed by atoms with Crippen LogP contribution in [0.4, 0.5) is 0 Å². The molecule has 0 saturated carbocycles. The van der Waals surface area contributed by atoms with Crippen molar-refractivity contribution in [2.24, 2.45) is 0 Å². The molecule has 0 aliphatic carbocycles. The number of rotatable bonds is 2. The van der Waals surface area contributed by atoms with E-state index in [-0.39, 0.29) is 0 Å². The van der Waals surface area contributed by atoms with E-state index in [2.05, 4.69) is 9.97 Å². The number of hydrogen-bond acceptors (Lipinski definition) is 1. The topological polar surface area (TPSA) is 28.7 Å². The lowest BCUT2D eigenvalue weighted by atomic mass is 10.1. The molecule has 0 bridgehead atoms.